The lowest BCUT2D eigenvalue weighted by molar-refractivity contribution is -0.143. The highest BCUT2D eigenvalue weighted by Crippen LogP contribution is 2.28. The number of methoxy groups -OCH3 is 2. The number of ether oxygens (including phenoxy) is 3. The molecule has 0 aliphatic heterocycles. The summed E-state index contributed by atoms with van der Waals surface area (Å²) in [6.45, 7) is 2.08. The van der Waals surface area contributed by atoms with Gasteiger partial charge >= 0.3 is 0 Å². The quantitative estimate of drug-likeness (QED) is 0.353. The van der Waals surface area contributed by atoms with Crippen LogP contribution in [0.3, 0.4) is 0 Å². The van der Waals surface area contributed by atoms with Crippen molar-refractivity contribution in [1.29, 1.82) is 0 Å². The van der Waals surface area contributed by atoms with Crippen LogP contribution < -0.4 is 19.5 Å². The molecule has 0 bridgehead atoms. The van der Waals surface area contributed by atoms with Crippen LogP contribution in [-0.4, -0.2) is 49.6 Å². The first-order valence-electron chi connectivity index (χ1n) is 13.5. The van der Waals surface area contributed by atoms with E-state index < -0.39 is 6.04 Å². The van der Waals surface area contributed by atoms with E-state index in [9.17, 15) is 9.59 Å². The number of carbonyl (C=O) groups excluding carboxylic acids is 2. The van der Waals surface area contributed by atoms with Crippen LogP contribution >= 0.6 is 0 Å². The summed E-state index contributed by atoms with van der Waals surface area (Å²) >= 11 is 0. The van der Waals surface area contributed by atoms with Crippen LogP contribution in [0, 0.1) is 6.92 Å². The van der Waals surface area contributed by atoms with Crippen molar-refractivity contribution in [2.75, 3.05) is 20.8 Å². The number of nitrogens with one attached hydrogen (secondary N) is 1. The van der Waals surface area contributed by atoms with Gasteiger partial charge in [0.15, 0.2) is 6.61 Å². The van der Waals surface area contributed by atoms with E-state index in [1.807, 2.05) is 61.5 Å². The molecule has 1 N–H and O–H groups in total. The molecule has 1 aliphatic carbocycles. The first-order chi connectivity index (χ1) is 18.9. The Morgan fingerprint density at radius 3 is 2.10 bits per heavy atom. The standard InChI is InChI=1S/C32H38N2O5/c1-23-13-15-25(16-14-23)21-34(31(35)22-39-29-19-27(37-2)18-28(20-29)38-3)30(17-24-9-5-4-6-10-24)32(36)33-26-11-7-8-12-26/h4-6,9-10,13-16,18-20,26,30H,7-8,11-12,17,21-22H2,1-3H3,(H,33,36). The molecule has 0 saturated heterocycles. The molecule has 206 valence electrons. The maximum Gasteiger partial charge on any atom is 0.261 e. The Labute approximate surface area is 231 Å². The Hall–Kier alpha value is -4.00. The molecule has 1 saturated carbocycles. The highest BCUT2D eigenvalue weighted by Gasteiger charge is 2.32. The minimum Gasteiger partial charge on any atom is -0.496 e. The number of benzene rings is 3. The minimum atomic E-state index is -0.690. The molecule has 0 aromatic heterocycles. The largest absolute Gasteiger partial charge is 0.496 e. The summed E-state index contributed by atoms with van der Waals surface area (Å²) in [5, 5.41) is 3.23. The molecule has 1 fully saturated rings. The Bertz CT molecular complexity index is 1200. The first-order valence-corrected chi connectivity index (χ1v) is 13.5. The zero-order valence-electron chi connectivity index (χ0n) is 23.0. The predicted molar refractivity (Wildman–Crippen MR) is 151 cm³/mol. The van der Waals surface area contributed by atoms with Crippen LogP contribution in [0.25, 0.3) is 0 Å². The molecule has 7 heteroatoms. The lowest BCUT2D eigenvalue weighted by atomic mass is 10.0. The van der Waals surface area contributed by atoms with Gasteiger partial charge in [0.25, 0.3) is 5.91 Å². The smallest absolute Gasteiger partial charge is 0.261 e. The summed E-state index contributed by atoms with van der Waals surface area (Å²) < 4.78 is 16.6. The average Bonchev–Trinajstić information content (AvgIpc) is 3.48. The van der Waals surface area contributed by atoms with Gasteiger partial charge in [-0.25, -0.2) is 0 Å². The molecule has 3 aromatic rings. The van der Waals surface area contributed by atoms with Crippen molar-refractivity contribution in [2.45, 2.75) is 57.7 Å². The maximum absolute atomic E-state index is 13.8. The van der Waals surface area contributed by atoms with Gasteiger partial charge in [0.1, 0.15) is 23.3 Å². The highest BCUT2D eigenvalue weighted by molar-refractivity contribution is 5.88. The number of nitrogens with zero attached hydrogens (tertiary/aromatic N) is 1. The van der Waals surface area contributed by atoms with E-state index >= 15 is 0 Å². The molecule has 0 heterocycles. The van der Waals surface area contributed by atoms with Gasteiger partial charge in [-0.1, -0.05) is 73.0 Å². The van der Waals surface area contributed by atoms with Gasteiger partial charge in [0, 0.05) is 37.2 Å². The monoisotopic (exact) mass is 530 g/mol. The zero-order valence-corrected chi connectivity index (χ0v) is 23.0. The van der Waals surface area contributed by atoms with Crippen molar-refractivity contribution >= 4 is 11.8 Å². The topological polar surface area (TPSA) is 77.1 Å². The number of hydrogen-bond donors (Lipinski definition) is 1. The second-order valence-corrected chi connectivity index (χ2v) is 10.0. The number of carbonyl (C=O) groups is 2. The van der Waals surface area contributed by atoms with Crippen molar-refractivity contribution in [1.82, 2.24) is 10.2 Å². The van der Waals surface area contributed by atoms with Gasteiger partial charge in [0.05, 0.1) is 14.2 Å². The number of amides is 2. The molecular weight excluding hydrogens is 492 g/mol. The van der Waals surface area contributed by atoms with E-state index in [4.69, 9.17) is 14.2 Å². The summed E-state index contributed by atoms with van der Waals surface area (Å²) in [5.41, 5.74) is 3.07. The summed E-state index contributed by atoms with van der Waals surface area (Å²) in [7, 11) is 3.12. The van der Waals surface area contributed by atoms with Crippen molar-refractivity contribution < 1.29 is 23.8 Å². The molecule has 0 spiro atoms. The molecular formula is C32H38N2O5. The van der Waals surface area contributed by atoms with Crippen LogP contribution in [-0.2, 0) is 22.6 Å². The number of hydrogen-bond acceptors (Lipinski definition) is 5. The Kier molecular flexibility index (Phi) is 9.84. The van der Waals surface area contributed by atoms with Gasteiger partial charge in [-0.3, -0.25) is 9.59 Å². The third-order valence-electron chi connectivity index (χ3n) is 7.13. The fraction of sp³-hybridized carbons (Fsp3) is 0.375. The van der Waals surface area contributed by atoms with Gasteiger partial charge in [-0.15, -0.1) is 0 Å². The molecule has 1 unspecified atom stereocenters. The normalized spacial score (nSPS) is 13.9. The summed E-state index contributed by atoms with van der Waals surface area (Å²) in [4.78, 5) is 29.2. The Morgan fingerprint density at radius 2 is 1.49 bits per heavy atom. The van der Waals surface area contributed by atoms with Crippen LogP contribution in [0.5, 0.6) is 17.2 Å². The molecule has 0 radical (unpaired) electrons. The molecule has 2 amide bonds. The molecule has 39 heavy (non-hydrogen) atoms. The van der Waals surface area contributed by atoms with E-state index in [1.165, 1.54) is 0 Å². The van der Waals surface area contributed by atoms with Crippen molar-refractivity contribution in [3.05, 3.63) is 89.5 Å². The minimum absolute atomic E-state index is 0.130. The highest BCUT2D eigenvalue weighted by atomic mass is 16.5. The van der Waals surface area contributed by atoms with Crippen molar-refractivity contribution in [2.24, 2.45) is 0 Å². The lowest BCUT2D eigenvalue weighted by Crippen LogP contribution is -2.53. The van der Waals surface area contributed by atoms with Crippen LogP contribution in [0.2, 0.25) is 0 Å². The van der Waals surface area contributed by atoms with E-state index in [0.717, 1.165) is 42.4 Å². The molecule has 1 atom stereocenters. The lowest BCUT2D eigenvalue weighted by Gasteiger charge is -2.32. The van der Waals surface area contributed by atoms with Crippen LogP contribution in [0.15, 0.2) is 72.8 Å². The van der Waals surface area contributed by atoms with Gasteiger partial charge in [-0.2, -0.15) is 0 Å². The van der Waals surface area contributed by atoms with E-state index in [0.29, 0.717) is 30.2 Å². The van der Waals surface area contributed by atoms with E-state index in [-0.39, 0.29) is 24.5 Å². The SMILES string of the molecule is COc1cc(OC)cc(OCC(=O)N(Cc2ccc(C)cc2)C(Cc2ccccc2)C(=O)NC2CCCC2)c1. The van der Waals surface area contributed by atoms with E-state index in [2.05, 4.69) is 5.32 Å². The number of aryl methyl sites for hydroxylation is 1. The van der Waals surface area contributed by atoms with Crippen molar-refractivity contribution in [3.8, 4) is 17.2 Å². The third-order valence-corrected chi connectivity index (χ3v) is 7.13. The molecule has 3 aromatic carbocycles. The Morgan fingerprint density at radius 1 is 0.872 bits per heavy atom. The van der Waals surface area contributed by atoms with Gasteiger partial charge in [0.2, 0.25) is 5.91 Å². The summed E-state index contributed by atoms with van der Waals surface area (Å²) in [5.74, 6) is 1.16. The first kappa shape index (κ1) is 28.0. The van der Waals surface area contributed by atoms with Crippen LogP contribution in [0.1, 0.15) is 42.4 Å². The summed E-state index contributed by atoms with van der Waals surface area (Å²) in [6.07, 6.45) is 4.56. The predicted octanol–water partition coefficient (Wildman–Crippen LogP) is 5.09. The zero-order chi connectivity index (χ0) is 27.6. The third kappa shape index (κ3) is 7.99. The average molecular weight is 531 g/mol. The fourth-order valence-electron chi connectivity index (χ4n) is 4.90. The molecule has 7 nitrogen and oxygen atoms in total. The molecule has 4 rings (SSSR count). The summed E-state index contributed by atoms with van der Waals surface area (Å²) in [6, 6.07) is 22.5. The second kappa shape index (κ2) is 13.7. The number of rotatable bonds is 12. The Balaban J connectivity index is 1.61. The van der Waals surface area contributed by atoms with Gasteiger partial charge < -0.3 is 24.4 Å². The van der Waals surface area contributed by atoms with E-state index in [1.54, 1.807) is 37.3 Å². The maximum atomic E-state index is 13.8. The van der Waals surface area contributed by atoms with Crippen molar-refractivity contribution in [3.63, 3.8) is 0 Å². The fourth-order valence-corrected chi connectivity index (χ4v) is 4.90. The van der Waals surface area contributed by atoms with Crippen LogP contribution in [0.4, 0.5) is 0 Å². The second-order valence-electron chi connectivity index (χ2n) is 10.0. The molecule has 1 aliphatic rings. The van der Waals surface area contributed by atoms with Gasteiger partial charge in [-0.05, 0) is 30.9 Å².